The fraction of sp³-hybridized carbons (Fsp3) is 0.263. The Morgan fingerprint density at radius 3 is 2.73 bits per heavy atom. The number of benzene rings is 2. The van der Waals surface area contributed by atoms with E-state index in [1.54, 1.807) is 0 Å². The fourth-order valence-corrected chi connectivity index (χ4v) is 2.43. The van der Waals surface area contributed by atoms with Crippen molar-refractivity contribution in [2.75, 3.05) is 20.2 Å². The lowest BCUT2D eigenvalue weighted by Gasteiger charge is -2.16. The smallest absolute Gasteiger partial charge is 0.438 e. The third kappa shape index (κ3) is 4.58. The maximum Gasteiger partial charge on any atom is 0.438 e. The van der Waals surface area contributed by atoms with Crippen LogP contribution in [0, 0.1) is 12.7 Å². The fourth-order valence-electron chi connectivity index (χ4n) is 2.43. The lowest BCUT2D eigenvalue weighted by Crippen LogP contribution is -2.31. The molecule has 1 aromatic heterocycles. The Hall–Kier alpha value is -2.93. The SMILES string of the molecule is Cc1cccc(OCCN(C)Cn2nc(-c3ccc(F)cc3)oc2=O)c1. The molecule has 136 valence electrons. The van der Waals surface area contributed by atoms with Crippen LogP contribution in [-0.4, -0.2) is 34.9 Å². The molecule has 0 saturated carbocycles. The average molecular weight is 357 g/mol. The molecule has 0 saturated heterocycles. The van der Waals surface area contributed by atoms with Crippen LogP contribution in [0.3, 0.4) is 0 Å². The molecule has 0 radical (unpaired) electrons. The van der Waals surface area contributed by atoms with Gasteiger partial charge in [-0.15, -0.1) is 5.10 Å². The maximum absolute atomic E-state index is 13.0. The van der Waals surface area contributed by atoms with E-state index < -0.39 is 5.76 Å². The summed E-state index contributed by atoms with van der Waals surface area (Å²) in [5.41, 5.74) is 1.69. The molecule has 0 aliphatic carbocycles. The second-order valence-electron chi connectivity index (χ2n) is 6.07. The molecule has 2 aromatic carbocycles. The summed E-state index contributed by atoms with van der Waals surface area (Å²) in [4.78, 5) is 13.8. The molecule has 1 heterocycles. The van der Waals surface area contributed by atoms with Gasteiger partial charge in [-0.2, -0.15) is 4.68 Å². The van der Waals surface area contributed by atoms with E-state index in [1.807, 2.05) is 43.1 Å². The predicted octanol–water partition coefficient (Wildman–Crippen LogP) is 2.92. The number of aromatic nitrogens is 2. The van der Waals surface area contributed by atoms with Gasteiger partial charge in [0.15, 0.2) is 0 Å². The van der Waals surface area contributed by atoms with Crippen molar-refractivity contribution in [3.63, 3.8) is 0 Å². The summed E-state index contributed by atoms with van der Waals surface area (Å²) >= 11 is 0. The van der Waals surface area contributed by atoms with Crippen LogP contribution in [0.25, 0.3) is 11.5 Å². The average Bonchev–Trinajstić information content (AvgIpc) is 2.96. The summed E-state index contributed by atoms with van der Waals surface area (Å²) in [5, 5.41) is 4.16. The van der Waals surface area contributed by atoms with Crippen LogP contribution >= 0.6 is 0 Å². The molecule has 3 aromatic rings. The molecular weight excluding hydrogens is 337 g/mol. The van der Waals surface area contributed by atoms with Crippen molar-refractivity contribution in [1.82, 2.24) is 14.7 Å². The van der Waals surface area contributed by atoms with Crippen LogP contribution in [0.5, 0.6) is 5.75 Å². The number of rotatable bonds is 7. The van der Waals surface area contributed by atoms with Gasteiger partial charge in [-0.05, 0) is 55.9 Å². The van der Waals surface area contributed by atoms with E-state index in [9.17, 15) is 9.18 Å². The quantitative estimate of drug-likeness (QED) is 0.651. The summed E-state index contributed by atoms with van der Waals surface area (Å²) in [7, 11) is 1.86. The second-order valence-corrected chi connectivity index (χ2v) is 6.07. The highest BCUT2D eigenvalue weighted by Crippen LogP contribution is 2.15. The van der Waals surface area contributed by atoms with Crippen molar-refractivity contribution in [2.45, 2.75) is 13.6 Å². The Kier molecular flexibility index (Phi) is 5.48. The van der Waals surface area contributed by atoms with Crippen LogP contribution in [0.4, 0.5) is 4.39 Å². The third-order valence-corrected chi connectivity index (χ3v) is 3.80. The summed E-state index contributed by atoms with van der Waals surface area (Å²) < 4.78 is 25.1. The topological polar surface area (TPSA) is 60.5 Å². The van der Waals surface area contributed by atoms with E-state index >= 15 is 0 Å². The molecule has 0 spiro atoms. The highest BCUT2D eigenvalue weighted by Gasteiger charge is 2.12. The molecule has 0 aliphatic heterocycles. The molecule has 0 fully saturated rings. The lowest BCUT2D eigenvalue weighted by atomic mass is 10.2. The Balaban J connectivity index is 1.56. The van der Waals surface area contributed by atoms with Gasteiger partial charge in [0.1, 0.15) is 24.8 Å². The molecule has 0 aliphatic rings. The van der Waals surface area contributed by atoms with Gasteiger partial charge in [0.2, 0.25) is 5.89 Å². The third-order valence-electron chi connectivity index (χ3n) is 3.80. The lowest BCUT2D eigenvalue weighted by molar-refractivity contribution is 0.194. The Morgan fingerprint density at radius 1 is 1.23 bits per heavy atom. The van der Waals surface area contributed by atoms with E-state index in [0.717, 1.165) is 11.3 Å². The summed E-state index contributed by atoms with van der Waals surface area (Å²) in [6, 6.07) is 13.5. The van der Waals surface area contributed by atoms with E-state index in [1.165, 1.54) is 28.9 Å². The van der Waals surface area contributed by atoms with Gasteiger partial charge in [0, 0.05) is 12.1 Å². The van der Waals surface area contributed by atoms with E-state index in [2.05, 4.69) is 5.10 Å². The molecule has 3 rings (SSSR count). The van der Waals surface area contributed by atoms with Gasteiger partial charge in [0.25, 0.3) is 0 Å². The number of hydrogen-bond acceptors (Lipinski definition) is 5. The second kappa shape index (κ2) is 7.97. The van der Waals surface area contributed by atoms with Crippen LogP contribution in [0.15, 0.2) is 57.7 Å². The maximum atomic E-state index is 13.0. The first kappa shape index (κ1) is 17.9. The number of hydrogen-bond donors (Lipinski definition) is 0. The summed E-state index contributed by atoms with van der Waals surface area (Å²) in [6.45, 7) is 3.37. The van der Waals surface area contributed by atoms with Crippen molar-refractivity contribution >= 4 is 0 Å². The molecule has 0 bridgehead atoms. The molecule has 6 nitrogen and oxygen atoms in total. The first-order valence-electron chi connectivity index (χ1n) is 8.23. The first-order valence-corrected chi connectivity index (χ1v) is 8.23. The standard InChI is InChI=1S/C19H20FN3O3/c1-14-4-3-5-17(12-14)25-11-10-22(2)13-23-19(24)26-18(21-23)15-6-8-16(20)9-7-15/h3-9,12H,10-11,13H2,1-2H3. The Bertz CT molecular complexity index is 918. The first-order chi connectivity index (χ1) is 12.5. The van der Waals surface area contributed by atoms with Crippen molar-refractivity contribution in [2.24, 2.45) is 0 Å². The largest absolute Gasteiger partial charge is 0.492 e. The minimum atomic E-state index is -0.559. The molecule has 0 N–H and O–H groups in total. The summed E-state index contributed by atoms with van der Waals surface area (Å²) in [6.07, 6.45) is 0. The molecule has 0 atom stereocenters. The van der Waals surface area contributed by atoms with Gasteiger partial charge in [-0.25, -0.2) is 9.18 Å². The van der Waals surface area contributed by atoms with Crippen LogP contribution in [0.2, 0.25) is 0 Å². The Morgan fingerprint density at radius 2 is 2.00 bits per heavy atom. The minimum Gasteiger partial charge on any atom is -0.492 e. The number of halogens is 1. The van der Waals surface area contributed by atoms with Gasteiger partial charge >= 0.3 is 5.76 Å². The monoisotopic (exact) mass is 357 g/mol. The van der Waals surface area contributed by atoms with Crippen LogP contribution in [0.1, 0.15) is 5.56 Å². The van der Waals surface area contributed by atoms with Gasteiger partial charge in [-0.3, -0.25) is 4.90 Å². The highest BCUT2D eigenvalue weighted by atomic mass is 19.1. The molecular formula is C19H20FN3O3. The van der Waals surface area contributed by atoms with Crippen molar-refractivity contribution in [3.8, 4) is 17.2 Å². The van der Waals surface area contributed by atoms with E-state index in [-0.39, 0.29) is 18.4 Å². The highest BCUT2D eigenvalue weighted by molar-refractivity contribution is 5.51. The molecule has 7 heteroatoms. The van der Waals surface area contributed by atoms with E-state index in [0.29, 0.717) is 18.7 Å². The van der Waals surface area contributed by atoms with Gasteiger partial charge in [0.05, 0.1) is 0 Å². The zero-order valence-electron chi connectivity index (χ0n) is 14.7. The van der Waals surface area contributed by atoms with E-state index in [4.69, 9.17) is 9.15 Å². The Labute approximate surface area is 150 Å². The van der Waals surface area contributed by atoms with Crippen LogP contribution < -0.4 is 10.5 Å². The van der Waals surface area contributed by atoms with Crippen molar-refractivity contribution in [3.05, 3.63) is 70.5 Å². The number of ether oxygens (including phenoxy) is 1. The van der Waals surface area contributed by atoms with Crippen molar-refractivity contribution < 1.29 is 13.5 Å². The number of likely N-dealkylation sites (N-methyl/N-ethyl adjacent to an activating group) is 1. The summed E-state index contributed by atoms with van der Waals surface area (Å²) in [5.74, 6) is 0.0645. The van der Waals surface area contributed by atoms with Crippen molar-refractivity contribution in [1.29, 1.82) is 0 Å². The minimum absolute atomic E-state index is 0.166. The van der Waals surface area contributed by atoms with Gasteiger partial charge < -0.3 is 9.15 Å². The molecule has 0 unspecified atom stereocenters. The molecule has 0 amide bonds. The zero-order chi connectivity index (χ0) is 18.5. The van der Waals surface area contributed by atoms with Gasteiger partial charge in [-0.1, -0.05) is 12.1 Å². The normalized spacial score (nSPS) is 11.1. The predicted molar refractivity (Wildman–Crippen MR) is 95.5 cm³/mol. The molecule has 26 heavy (non-hydrogen) atoms. The number of nitrogens with zero attached hydrogens (tertiary/aromatic N) is 3. The zero-order valence-corrected chi connectivity index (χ0v) is 14.7. The number of aryl methyl sites for hydroxylation is 1. The van der Waals surface area contributed by atoms with Crippen LogP contribution in [-0.2, 0) is 6.67 Å².